The minimum atomic E-state index is 0.770. The molecule has 20 heavy (non-hydrogen) atoms. The van der Waals surface area contributed by atoms with Gasteiger partial charge < -0.3 is 14.7 Å². The van der Waals surface area contributed by atoms with Gasteiger partial charge in [-0.15, -0.1) is 0 Å². The molecule has 1 amide bonds. The van der Waals surface area contributed by atoms with Gasteiger partial charge in [0.25, 0.3) is 0 Å². The van der Waals surface area contributed by atoms with Crippen molar-refractivity contribution in [3.8, 4) is 0 Å². The second-order valence-corrected chi connectivity index (χ2v) is 5.41. The highest BCUT2D eigenvalue weighted by molar-refractivity contribution is 5.52. The fourth-order valence-electron chi connectivity index (χ4n) is 2.86. The van der Waals surface area contributed by atoms with Crippen LogP contribution in [0.2, 0.25) is 0 Å². The first-order valence-electron chi connectivity index (χ1n) is 7.38. The van der Waals surface area contributed by atoms with Crippen molar-refractivity contribution in [1.82, 2.24) is 14.9 Å². The summed E-state index contributed by atoms with van der Waals surface area (Å²) in [5, 5.41) is 0. The molecule has 3 heterocycles. The number of hydrogen-bond acceptors (Lipinski definition) is 5. The summed E-state index contributed by atoms with van der Waals surface area (Å²) >= 11 is 0. The number of amides is 1. The molecule has 2 fully saturated rings. The molecule has 1 aromatic rings. The first kappa shape index (κ1) is 13.1. The lowest BCUT2D eigenvalue weighted by atomic mass is 10.1. The van der Waals surface area contributed by atoms with Crippen LogP contribution < -0.4 is 9.80 Å². The number of carbonyl (C=O) groups is 1. The molecule has 2 aliphatic rings. The summed E-state index contributed by atoms with van der Waals surface area (Å²) in [5.74, 6) is 2.01. The Morgan fingerprint density at radius 3 is 2.05 bits per heavy atom. The lowest BCUT2D eigenvalue weighted by Gasteiger charge is -2.34. The van der Waals surface area contributed by atoms with Crippen LogP contribution in [0.4, 0.5) is 11.6 Å². The van der Waals surface area contributed by atoms with Gasteiger partial charge in [0.15, 0.2) is 0 Å². The molecule has 0 unspecified atom stereocenters. The SMILES string of the molecule is O=CN1CCN(c2cc(N3CCCCC3)ncn2)CC1. The van der Waals surface area contributed by atoms with E-state index in [1.165, 1.54) is 19.3 Å². The van der Waals surface area contributed by atoms with Crippen LogP contribution in [-0.4, -0.2) is 60.5 Å². The molecule has 6 nitrogen and oxygen atoms in total. The van der Waals surface area contributed by atoms with Crippen molar-refractivity contribution >= 4 is 18.0 Å². The molecule has 0 aliphatic carbocycles. The summed E-state index contributed by atoms with van der Waals surface area (Å²) < 4.78 is 0. The monoisotopic (exact) mass is 275 g/mol. The van der Waals surface area contributed by atoms with Gasteiger partial charge in [0, 0.05) is 45.3 Å². The van der Waals surface area contributed by atoms with Crippen molar-refractivity contribution in [3.63, 3.8) is 0 Å². The van der Waals surface area contributed by atoms with Crippen LogP contribution in [0.25, 0.3) is 0 Å². The topological polar surface area (TPSA) is 52.6 Å². The first-order valence-corrected chi connectivity index (χ1v) is 7.38. The van der Waals surface area contributed by atoms with E-state index in [2.05, 4.69) is 25.8 Å². The Morgan fingerprint density at radius 2 is 1.45 bits per heavy atom. The van der Waals surface area contributed by atoms with Gasteiger partial charge in [-0.25, -0.2) is 9.97 Å². The van der Waals surface area contributed by atoms with E-state index in [1.54, 1.807) is 6.33 Å². The van der Waals surface area contributed by atoms with E-state index in [1.807, 2.05) is 4.90 Å². The summed E-state index contributed by atoms with van der Waals surface area (Å²) in [7, 11) is 0. The molecule has 3 rings (SSSR count). The second kappa shape index (κ2) is 6.07. The minimum absolute atomic E-state index is 0.770. The maximum Gasteiger partial charge on any atom is 0.209 e. The molecular weight excluding hydrogens is 254 g/mol. The van der Waals surface area contributed by atoms with Crippen molar-refractivity contribution in [2.24, 2.45) is 0 Å². The Labute approximate surface area is 119 Å². The maximum absolute atomic E-state index is 10.7. The first-order chi connectivity index (χ1) is 9.86. The molecule has 2 saturated heterocycles. The molecule has 0 saturated carbocycles. The van der Waals surface area contributed by atoms with Gasteiger partial charge in [-0.2, -0.15) is 0 Å². The number of piperazine rings is 1. The van der Waals surface area contributed by atoms with Gasteiger partial charge >= 0.3 is 0 Å². The fraction of sp³-hybridized carbons (Fsp3) is 0.643. The third-order valence-electron chi connectivity index (χ3n) is 4.11. The van der Waals surface area contributed by atoms with Crippen LogP contribution in [0.15, 0.2) is 12.4 Å². The highest BCUT2D eigenvalue weighted by Gasteiger charge is 2.18. The predicted molar refractivity (Wildman–Crippen MR) is 77.9 cm³/mol. The summed E-state index contributed by atoms with van der Waals surface area (Å²) in [6.07, 6.45) is 6.40. The van der Waals surface area contributed by atoms with Crippen LogP contribution in [0.1, 0.15) is 19.3 Å². The smallest absolute Gasteiger partial charge is 0.209 e. The van der Waals surface area contributed by atoms with Gasteiger partial charge in [0.2, 0.25) is 6.41 Å². The van der Waals surface area contributed by atoms with E-state index in [-0.39, 0.29) is 0 Å². The molecular formula is C14H21N5O. The van der Waals surface area contributed by atoms with E-state index in [0.717, 1.165) is 57.3 Å². The second-order valence-electron chi connectivity index (χ2n) is 5.41. The largest absolute Gasteiger partial charge is 0.356 e. The Kier molecular flexibility index (Phi) is 3.99. The number of piperidine rings is 1. The van der Waals surface area contributed by atoms with E-state index in [9.17, 15) is 4.79 Å². The Hall–Kier alpha value is -1.85. The van der Waals surface area contributed by atoms with Gasteiger partial charge in [-0.3, -0.25) is 4.79 Å². The zero-order chi connectivity index (χ0) is 13.8. The number of aromatic nitrogens is 2. The standard InChI is InChI=1S/C14H21N5O/c20-12-17-6-8-19(9-7-17)14-10-13(15-11-16-14)18-4-2-1-3-5-18/h10-12H,1-9H2. The predicted octanol–water partition coefficient (Wildman–Crippen LogP) is 0.745. The van der Waals surface area contributed by atoms with Gasteiger partial charge in [-0.05, 0) is 19.3 Å². The van der Waals surface area contributed by atoms with Crippen molar-refractivity contribution in [2.75, 3.05) is 49.1 Å². The molecule has 108 valence electrons. The average Bonchev–Trinajstić information content (AvgIpc) is 2.56. The Morgan fingerprint density at radius 1 is 0.850 bits per heavy atom. The lowest BCUT2D eigenvalue weighted by molar-refractivity contribution is -0.118. The molecule has 0 atom stereocenters. The molecule has 1 aromatic heterocycles. The van der Waals surface area contributed by atoms with E-state index in [0.29, 0.717) is 0 Å². The fourth-order valence-corrected chi connectivity index (χ4v) is 2.86. The quantitative estimate of drug-likeness (QED) is 0.762. The van der Waals surface area contributed by atoms with Crippen molar-refractivity contribution in [2.45, 2.75) is 19.3 Å². The number of nitrogens with zero attached hydrogens (tertiary/aromatic N) is 5. The number of hydrogen-bond donors (Lipinski definition) is 0. The normalized spacial score (nSPS) is 20.1. The molecule has 0 N–H and O–H groups in total. The molecule has 0 aromatic carbocycles. The molecule has 0 spiro atoms. The van der Waals surface area contributed by atoms with Crippen molar-refractivity contribution in [1.29, 1.82) is 0 Å². The van der Waals surface area contributed by atoms with Crippen molar-refractivity contribution in [3.05, 3.63) is 12.4 Å². The van der Waals surface area contributed by atoms with Gasteiger partial charge in [0.1, 0.15) is 18.0 Å². The number of rotatable bonds is 3. The summed E-state index contributed by atoms with van der Waals surface area (Å²) in [4.78, 5) is 25.9. The average molecular weight is 275 g/mol. The molecule has 0 radical (unpaired) electrons. The minimum Gasteiger partial charge on any atom is -0.356 e. The van der Waals surface area contributed by atoms with E-state index < -0.39 is 0 Å². The van der Waals surface area contributed by atoms with E-state index in [4.69, 9.17) is 0 Å². The zero-order valence-corrected chi connectivity index (χ0v) is 11.7. The maximum atomic E-state index is 10.7. The number of anilines is 2. The van der Waals surface area contributed by atoms with Crippen LogP contribution in [0, 0.1) is 0 Å². The highest BCUT2D eigenvalue weighted by Crippen LogP contribution is 2.21. The molecule has 2 aliphatic heterocycles. The lowest BCUT2D eigenvalue weighted by Crippen LogP contribution is -2.46. The highest BCUT2D eigenvalue weighted by atomic mass is 16.1. The molecule has 6 heteroatoms. The van der Waals surface area contributed by atoms with Crippen molar-refractivity contribution < 1.29 is 4.79 Å². The van der Waals surface area contributed by atoms with Gasteiger partial charge in [-0.1, -0.05) is 0 Å². The van der Waals surface area contributed by atoms with Crippen LogP contribution >= 0.6 is 0 Å². The number of carbonyl (C=O) groups excluding carboxylic acids is 1. The zero-order valence-electron chi connectivity index (χ0n) is 11.7. The Balaban J connectivity index is 1.69. The molecule has 0 bridgehead atoms. The Bertz CT molecular complexity index is 453. The third-order valence-corrected chi connectivity index (χ3v) is 4.11. The summed E-state index contributed by atoms with van der Waals surface area (Å²) in [6, 6.07) is 2.09. The van der Waals surface area contributed by atoms with Crippen LogP contribution in [-0.2, 0) is 4.79 Å². The third kappa shape index (κ3) is 2.84. The summed E-state index contributed by atoms with van der Waals surface area (Å²) in [6.45, 7) is 5.41. The van der Waals surface area contributed by atoms with Crippen LogP contribution in [0.3, 0.4) is 0 Å². The van der Waals surface area contributed by atoms with E-state index >= 15 is 0 Å². The van der Waals surface area contributed by atoms with Crippen LogP contribution in [0.5, 0.6) is 0 Å². The van der Waals surface area contributed by atoms with Gasteiger partial charge in [0.05, 0.1) is 0 Å². The summed E-state index contributed by atoms with van der Waals surface area (Å²) in [5.41, 5.74) is 0.